The number of amides is 1. The Balaban J connectivity index is 1.63. The van der Waals surface area contributed by atoms with Crippen molar-refractivity contribution in [1.29, 1.82) is 0 Å². The van der Waals surface area contributed by atoms with Crippen molar-refractivity contribution >= 4 is 56.0 Å². The van der Waals surface area contributed by atoms with Crippen LogP contribution in [0.4, 0.5) is 5.13 Å². The molecule has 3 aromatic rings. The highest BCUT2D eigenvalue weighted by Gasteiger charge is 2.08. The van der Waals surface area contributed by atoms with E-state index >= 15 is 0 Å². The fourth-order valence-electron chi connectivity index (χ4n) is 1.77. The van der Waals surface area contributed by atoms with Crippen molar-refractivity contribution in [2.75, 3.05) is 11.1 Å². The fourth-order valence-corrected chi connectivity index (χ4v) is 3.65. The van der Waals surface area contributed by atoms with Gasteiger partial charge in [-0.15, -0.1) is 11.8 Å². The highest BCUT2D eigenvalue weighted by Crippen LogP contribution is 2.28. The van der Waals surface area contributed by atoms with Crippen LogP contribution in [0.2, 0.25) is 5.02 Å². The zero-order valence-electron chi connectivity index (χ0n) is 10.9. The minimum Gasteiger partial charge on any atom is -0.301 e. The number of aromatic nitrogens is 1. The first-order valence-corrected chi connectivity index (χ1v) is 8.42. The lowest BCUT2D eigenvalue weighted by molar-refractivity contribution is -0.113. The molecule has 0 saturated heterocycles. The smallest absolute Gasteiger partial charge is 0.236 e. The van der Waals surface area contributed by atoms with E-state index in [1.807, 2.05) is 42.5 Å². The maximum atomic E-state index is 11.9. The number of benzene rings is 2. The third kappa shape index (κ3) is 3.75. The molecule has 0 fully saturated rings. The summed E-state index contributed by atoms with van der Waals surface area (Å²) in [5.74, 6) is 0.301. The van der Waals surface area contributed by atoms with Gasteiger partial charge in [0.05, 0.1) is 16.0 Å². The molecule has 0 aliphatic carbocycles. The van der Waals surface area contributed by atoms with Crippen LogP contribution in [0.1, 0.15) is 0 Å². The first-order chi connectivity index (χ1) is 10.2. The molecule has 1 N–H and O–H groups in total. The molecule has 3 rings (SSSR count). The Morgan fingerprint density at radius 1 is 1.24 bits per heavy atom. The van der Waals surface area contributed by atoms with Crippen molar-refractivity contribution in [3.8, 4) is 0 Å². The lowest BCUT2D eigenvalue weighted by Crippen LogP contribution is -2.13. The average Bonchev–Trinajstić information content (AvgIpc) is 2.87. The van der Waals surface area contributed by atoms with Crippen molar-refractivity contribution in [3.05, 3.63) is 53.6 Å². The van der Waals surface area contributed by atoms with Gasteiger partial charge in [-0.3, -0.25) is 4.79 Å². The molecule has 0 spiro atoms. The molecule has 21 heavy (non-hydrogen) atoms. The standard InChI is InChI=1S/C15H11ClN2OS2/c16-10-6-7-12-13(8-10)21-15(17-12)18-14(19)9-20-11-4-2-1-3-5-11/h1-8H,9H2,(H,17,18,19). The number of carbonyl (C=O) groups is 1. The van der Waals surface area contributed by atoms with Crippen LogP contribution in [0.15, 0.2) is 53.4 Å². The maximum Gasteiger partial charge on any atom is 0.236 e. The molecular weight excluding hydrogens is 324 g/mol. The monoisotopic (exact) mass is 334 g/mol. The zero-order chi connectivity index (χ0) is 14.7. The normalized spacial score (nSPS) is 10.7. The van der Waals surface area contributed by atoms with Gasteiger partial charge in [-0.2, -0.15) is 0 Å². The van der Waals surface area contributed by atoms with E-state index < -0.39 is 0 Å². The second-order valence-corrected chi connectivity index (χ2v) is 6.80. The summed E-state index contributed by atoms with van der Waals surface area (Å²) in [4.78, 5) is 17.4. The number of nitrogens with one attached hydrogen (secondary N) is 1. The van der Waals surface area contributed by atoms with E-state index in [4.69, 9.17) is 11.6 Å². The Morgan fingerprint density at radius 3 is 2.86 bits per heavy atom. The topological polar surface area (TPSA) is 42.0 Å². The Bertz CT molecular complexity index is 774. The van der Waals surface area contributed by atoms with Gasteiger partial charge in [0, 0.05) is 9.92 Å². The van der Waals surface area contributed by atoms with Gasteiger partial charge in [0.25, 0.3) is 0 Å². The Morgan fingerprint density at radius 2 is 2.05 bits per heavy atom. The number of halogens is 1. The summed E-state index contributed by atoms with van der Waals surface area (Å²) in [5, 5.41) is 4.10. The molecule has 1 heterocycles. The highest BCUT2D eigenvalue weighted by molar-refractivity contribution is 8.00. The van der Waals surface area contributed by atoms with E-state index in [9.17, 15) is 4.79 Å². The third-order valence-electron chi connectivity index (χ3n) is 2.71. The molecule has 1 amide bonds. The second-order valence-electron chi connectivity index (χ2n) is 4.28. The Kier molecular flexibility index (Phi) is 4.43. The van der Waals surface area contributed by atoms with Crippen LogP contribution in [-0.2, 0) is 4.79 Å². The molecule has 0 atom stereocenters. The van der Waals surface area contributed by atoms with Crippen molar-refractivity contribution in [2.45, 2.75) is 4.90 Å². The quantitative estimate of drug-likeness (QED) is 0.704. The first kappa shape index (κ1) is 14.4. The largest absolute Gasteiger partial charge is 0.301 e. The predicted octanol–water partition coefficient (Wildman–Crippen LogP) is 4.68. The van der Waals surface area contributed by atoms with Gasteiger partial charge in [0.1, 0.15) is 0 Å². The lowest BCUT2D eigenvalue weighted by atomic mass is 10.3. The third-order valence-corrected chi connectivity index (χ3v) is 4.89. The number of hydrogen-bond donors (Lipinski definition) is 1. The lowest BCUT2D eigenvalue weighted by Gasteiger charge is -2.01. The highest BCUT2D eigenvalue weighted by atomic mass is 35.5. The first-order valence-electron chi connectivity index (χ1n) is 6.24. The summed E-state index contributed by atoms with van der Waals surface area (Å²) in [5.41, 5.74) is 0.843. The van der Waals surface area contributed by atoms with Crippen molar-refractivity contribution in [1.82, 2.24) is 4.98 Å². The van der Waals surface area contributed by atoms with Gasteiger partial charge in [0.15, 0.2) is 5.13 Å². The van der Waals surface area contributed by atoms with Gasteiger partial charge in [-0.05, 0) is 30.3 Å². The summed E-state index contributed by atoms with van der Waals surface area (Å²) >= 11 is 8.86. The van der Waals surface area contributed by atoms with Gasteiger partial charge in [0.2, 0.25) is 5.91 Å². The molecule has 0 aliphatic heterocycles. The van der Waals surface area contributed by atoms with E-state index in [1.165, 1.54) is 23.1 Å². The van der Waals surface area contributed by atoms with Crippen LogP contribution >= 0.6 is 34.7 Å². The van der Waals surface area contributed by atoms with Crippen molar-refractivity contribution in [2.24, 2.45) is 0 Å². The van der Waals surface area contributed by atoms with Crippen LogP contribution in [0.25, 0.3) is 10.2 Å². The van der Waals surface area contributed by atoms with E-state index in [0.29, 0.717) is 15.9 Å². The molecule has 0 radical (unpaired) electrons. The number of thiazole rings is 1. The molecule has 1 aromatic heterocycles. The SMILES string of the molecule is O=C(CSc1ccccc1)Nc1nc2ccc(Cl)cc2s1. The van der Waals surface area contributed by atoms with Gasteiger partial charge in [-0.25, -0.2) is 4.98 Å². The molecule has 106 valence electrons. The number of anilines is 1. The fraction of sp³-hybridized carbons (Fsp3) is 0.0667. The second kappa shape index (κ2) is 6.47. The summed E-state index contributed by atoms with van der Waals surface area (Å²) in [6, 6.07) is 15.3. The van der Waals surface area contributed by atoms with E-state index in [-0.39, 0.29) is 5.91 Å². The van der Waals surface area contributed by atoms with Crippen LogP contribution in [-0.4, -0.2) is 16.6 Å². The minimum atomic E-state index is -0.0611. The summed E-state index contributed by atoms with van der Waals surface area (Å²) in [6.07, 6.45) is 0. The number of nitrogens with zero attached hydrogens (tertiary/aromatic N) is 1. The van der Waals surface area contributed by atoms with Crippen LogP contribution in [0.3, 0.4) is 0 Å². The van der Waals surface area contributed by atoms with Gasteiger partial charge < -0.3 is 5.32 Å². The van der Waals surface area contributed by atoms with Crippen LogP contribution in [0.5, 0.6) is 0 Å². The van der Waals surface area contributed by atoms with Crippen LogP contribution < -0.4 is 5.32 Å². The maximum absolute atomic E-state index is 11.9. The molecule has 2 aromatic carbocycles. The summed E-state index contributed by atoms with van der Waals surface area (Å²) in [6.45, 7) is 0. The molecule has 0 bridgehead atoms. The average molecular weight is 335 g/mol. The van der Waals surface area contributed by atoms with E-state index in [1.54, 1.807) is 6.07 Å². The molecular formula is C15H11ClN2OS2. The van der Waals surface area contributed by atoms with Crippen molar-refractivity contribution < 1.29 is 4.79 Å². The Labute approximate surface area is 135 Å². The zero-order valence-corrected chi connectivity index (χ0v) is 13.3. The number of carbonyl (C=O) groups excluding carboxylic acids is 1. The van der Waals surface area contributed by atoms with Crippen molar-refractivity contribution in [3.63, 3.8) is 0 Å². The number of fused-ring (bicyclic) bond motifs is 1. The number of rotatable bonds is 4. The molecule has 0 saturated carbocycles. The minimum absolute atomic E-state index is 0.0611. The molecule has 3 nitrogen and oxygen atoms in total. The van der Waals surface area contributed by atoms with Gasteiger partial charge >= 0.3 is 0 Å². The Hall–Kier alpha value is -1.56. The summed E-state index contributed by atoms with van der Waals surface area (Å²) in [7, 11) is 0. The van der Waals surface area contributed by atoms with Gasteiger partial charge in [-0.1, -0.05) is 41.1 Å². The molecule has 0 aliphatic rings. The van der Waals surface area contributed by atoms with Crippen LogP contribution in [0, 0.1) is 0 Å². The van der Waals surface area contributed by atoms with E-state index in [0.717, 1.165) is 15.1 Å². The molecule has 0 unspecified atom stereocenters. The predicted molar refractivity (Wildman–Crippen MR) is 90.4 cm³/mol. The number of thioether (sulfide) groups is 1. The summed E-state index contributed by atoms with van der Waals surface area (Å²) < 4.78 is 0.966. The van der Waals surface area contributed by atoms with E-state index in [2.05, 4.69) is 10.3 Å². The number of hydrogen-bond acceptors (Lipinski definition) is 4. The molecule has 6 heteroatoms.